The highest BCUT2D eigenvalue weighted by atomic mass is 79.9. The number of aromatic amines is 1. The van der Waals surface area contributed by atoms with Gasteiger partial charge >= 0.3 is 0 Å². The van der Waals surface area contributed by atoms with E-state index in [0.29, 0.717) is 36.5 Å². The number of halogens is 1. The molecule has 0 aliphatic heterocycles. The van der Waals surface area contributed by atoms with Crippen molar-refractivity contribution in [2.45, 2.75) is 26.2 Å². The van der Waals surface area contributed by atoms with Crippen molar-refractivity contribution in [3.8, 4) is 0 Å². The van der Waals surface area contributed by atoms with Gasteiger partial charge in [-0.25, -0.2) is 4.98 Å². The number of H-pyrrole nitrogens is 1. The standard InChI is InChI=1S/C12H19BrN2O3/c1-3-4-9-11(13)12(16)15-10(14-9)5-6-18-8-7-17-2/h3-8H2,1-2H3,(H,14,15,16). The number of methoxy groups -OCH3 is 1. The molecule has 0 saturated heterocycles. The normalized spacial score (nSPS) is 10.8. The molecule has 0 spiro atoms. The van der Waals surface area contributed by atoms with Crippen molar-refractivity contribution in [3.05, 3.63) is 26.3 Å². The molecular weight excluding hydrogens is 300 g/mol. The predicted octanol–water partition coefficient (Wildman–Crippen LogP) is 1.69. The minimum Gasteiger partial charge on any atom is -0.382 e. The van der Waals surface area contributed by atoms with Crippen LogP contribution in [0.4, 0.5) is 0 Å². The minimum atomic E-state index is -0.125. The van der Waals surface area contributed by atoms with Crippen LogP contribution in [0.5, 0.6) is 0 Å². The van der Waals surface area contributed by atoms with Crippen LogP contribution in [0, 0.1) is 0 Å². The average molecular weight is 319 g/mol. The quantitative estimate of drug-likeness (QED) is 0.741. The molecule has 0 aromatic carbocycles. The monoisotopic (exact) mass is 318 g/mol. The second-order valence-corrected chi connectivity index (χ2v) is 4.67. The third-order valence-corrected chi connectivity index (χ3v) is 3.20. The van der Waals surface area contributed by atoms with Gasteiger partial charge in [-0.3, -0.25) is 4.79 Å². The molecule has 1 N–H and O–H groups in total. The molecular formula is C12H19BrN2O3. The summed E-state index contributed by atoms with van der Waals surface area (Å²) in [5.41, 5.74) is 0.688. The fourth-order valence-corrected chi connectivity index (χ4v) is 1.88. The third kappa shape index (κ3) is 4.88. The SMILES string of the molecule is CCCc1nc(CCOCCOC)[nH]c(=O)c1Br. The van der Waals surface area contributed by atoms with Crippen LogP contribution in [0.15, 0.2) is 9.27 Å². The largest absolute Gasteiger partial charge is 0.382 e. The Bertz CT molecular complexity index is 420. The molecule has 1 aromatic heterocycles. The molecule has 0 fully saturated rings. The fraction of sp³-hybridized carbons (Fsp3) is 0.667. The Hall–Kier alpha value is -0.720. The lowest BCUT2D eigenvalue weighted by Crippen LogP contribution is -2.17. The first-order chi connectivity index (χ1) is 8.69. The zero-order valence-electron chi connectivity index (χ0n) is 10.8. The Kier molecular flexibility index (Phi) is 7.15. The number of nitrogens with one attached hydrogen (secondary N) is 1. The van der Waals surface area contributed by atoms with E-state index in [-0.39, 0.29) is 5.56 Å². The first-order valence-corrected chi connectivity index (χ1v) is 6.82. The molecule has 0 bridgehead atoms. The third-order valence-electron chi connectivity index (χ3n) is 2.38. The van der Waals surface area contributed by atoms with E-state index in [0.717, 1.165) is 18.5 Å². The highest BCUT2D eigenvalue weighted by molar-refractivity contribution is 9.10. The first-order valence-electron chi connectivity index (χ1n) is 6.03. The number of aryl methyl sites for hydroxylation is 1. The zero-order valence-corrected chi connectivity index (χ0v) is 12.4. The van der Waals surface area contributed by atoms with Crippen molar-refractivity contribution in [1.82, 2.24) is 9.97 Å². The molecule has 0 aliphatic rings. The van der Waals surface area contributed by atoms with Crippen molar-refractivity contribution < 1.29 is 9.47 Å². The van der Waals surface area contributed by atoms with Gasteiger partial charge in [0.25, 0.3) is 5.56 Å². The van der Waals surface area contributed by atoms with Crippen molar-refractivity contribution in [1.29, 1.82) is 0 Å². The number of ether oxygens (including phenoxy) is 2. The summed E-state index contributed by atoms with van der Waals surface area (Å²) in [6.45, 7) is 3.72. The second-order valence-electron chi connectivity index (χ2n) is 3.88. The lowest BCUT2D eigenvalue weighted by Gasteiger charge is -2.06. The van der Waals surface area contributed by atoms with Gasteiger partial charge < -0.3 is 14.5 Å². The zero-order chi connectivity index (χ0) is 13.4. The van der Waals surface area contributed by atoms with Crippen molar-refractivity contribution >= 4 is 15.9 Å². The lowest BCUT2D eigenvalue weighted by atomic mass is 10.2. The van der Waals surface area contributed by atoms with Crippen LogP contribution in [0.3, 0.4) is 0 Å². The second kappa shape index (κ2) is 8.39. The summed E-state index contributed by atoms with van der Waals surface area (Å²) in [6, 6.07) is 0. The Morgan fingerprint density at radius 2 is 2.06 bits per heavy atom. The van der Waals surface area contributed by atoms with Gasteiger partial charge in [-0.05, 0) is 22.4 Å². The first kappa shape index (κ1) is 15.3. The number of hydrogen-bond acceptors (Lipinski definition) is 4. The minimum absolute atomic E-state index is 0.125. The highest BCUT2D eigenvalue weighted by Gasteiger charge is 2.08. The van der Waals surface area contributed by atoms with E-state index in [4.69, 9.17) is 9.47 Å². The summed E-state index contributed by atoms with van der Waals surface area (Å²) >= 11 is 3.26. The topological polar surface area (TPSA) is 64.2 Å². The van der Waals surface area contributed by atoms with E-state index >= 15 is 0 Å². The summed E-state index contributed by atoms with van der Waals surface area (Å²) < 4.78 is 10.8. The summed E-state index contributed by atoms with van der Waals surface area (Å²) in [4.78, 5) is 18.8. The van der Waals surface area contributed by atoms with E-state index in [2.05, 4.69) is 32.8 Å². The van der Waals surface area contributed by atoms with Crippen molar-refractivity contribution in [2.75, 3.05) is 26.9 Å². The average Bonchev–Trinajstić information content (AvgIpc) is 2.35. The number of aromatic nitrogens is 2. The molecule has 1 aromatic rings. The van der Waals surface area contributed by atoms with Gasteiger partial charge in [0.2, 0.25) is 0 Å². The van der Waals surface area contributed by atoms with E-state index in [1.54, 1.807) is 7.11 Å². The van der Waals surface area contributed by atoms with Gasteiger partial charge in [0.05, 0.1) is 25.5 Å². The summed E-state index contributed by atoms with van der Waals surface area (Å²) in [7, 11) is 1.63. The van der Waals surface area contributed by atoms with Crippen LogP contribution >= 0.6 is 15.9 Å². The van der Waals surface area contributed by atoms with Gasteiger partial charge in [0, 0.05) is 13.5 Å². The summed E-state index contributed by atoms with van der Waals surface area (Å²) in [5, 5.41) is 0. The Balaban J connectivity index is 2.58. The van der Waals surface area contributed by atoms with Crippen molar-refractivity contribution in [3.63, 3.8) is 0 Å². The molecule has 0 aliphatic carbocycles. The highest BCUT2D eigenvalue weighted by Crippen LogP contribution is 2.11. The molecule has 18 heavy (non-hydrogen) atoms. The molecule has 102 valence electrons. The Morgan fingerprint density at radius 3 is 2.72 bits per heavy atom. The van der Waals surface area contributed by atoms with E-state index in [9.17, 15) is 4.79 Å². The fourth-order valence-electron chi connectivity index (χ4n) is 1.49. The molecule has 0 unspecified atom stereocenters. The molecule has 0 atom stereocenters. The smallest absolute Gasteiger partial charge is 0.265 e. The molecule has 1 rings (SSSR count). The van der Waals surface area contributed by atoms with Gasteiger partial charge in [-0.2, -0.15) is 0 Å². The maximum Gasteiger partial charge on any atom is 0.265 e. The Morgan fingerprint density at radius 1 is 1.28 bits per heavy atom. The molecule has 6 heteroatoms. The number of nitrogens with zero attached hydrogens (tertiary/aromatic N) is 1. The van der Waals surface area contributed by atoms with E-state index in [1.807, 2.05) is 0 Å². The maximum absolute atomic E-state index is 11.7. The molecule has 0 saturated carbocycles. The van der Waals surface area contributed by atoms with Crippen LogP contribution in [0.2, 0.25) is 0 Å². The maximum atomic E-state index is 11.7. The van der Waals surface area contributed by atoms with E-state index < -0.39 is 0 Å². The van der Waals surface area contributed by atoms with Crippen LogP contribution in [0.1, 0.15) is 24.9 Å². The van der Waals surface area contributed by atoms with Crippen LogP contribution < -0.4 is 5.56 Å². The lowest BCUT2D eigenvalue weighted by molar-refractivity contribution is 0.0716. The van der Waals surface area contributed by atoms with Gasteiger partial charge in [0.1, 0.15) is 10.3 Å². The molecule has 0 radical (unpaired) electrons. The predicted molar refractivity (Wildman–Crippen MR) is 73.0 cm³/mol. The molecule has 5 nitrogen and oxygen atoms in total. The Labute approximate surface area is 115 Å². The van der Waals surface area contributed by atoms with Gasteiger partial charge in [-0.1, -0.05) is 13.3 Å². The van der Waals surface area contributed by atoms with Crippen LogP contribution in [-0.2, 0) is 22.3 Å². The van der Waals surface area contributed by atoms with Crippen molar-refractivity contribution in [2.24, 2.45) is 0 Å². The summed E-state index contributed by atoms with van der Waals surface area (Å²) in [5.74, 6) is 0.670. The van der Waals surface area contributed by atoms with Gasteiger partial charge in [0.15, 0.2) is 0 Å². The van der Waals surface area contributed by atoms with Crippen LogP contribution in [0.25, 0.3) is 0 Å². The van der Waals surface area contributed by atoms with Gasteiger partial charge in [-0.15, -0.1) is 0 Å². The number of hydrogen-bond donors (Lipinski definition) is 1. The summed E-state index contributed by atoms with van der Waals surface area (Å²) in [6.07, 6.45) is 2.35. The molecule has 1 heterocycles. The van der Waals surface area contributed by atoms with E-state index in [1.165, 1.54) is 0 Å². The van der Waals surface area contributed by atoms with Crippen LogP contribution in [-0.4, -0.2) is 36.9 Å². The molecule has 0 amide bonds. The number of rotatable bonds is 8.